The number of nitrogens with one attached hydrogen (secondary N) is 1. The Morgan fingerprint density at radius 1 is 1.15 bits per heavy atom. The summed E-state index contributed by atoms with van der Waals surface area (Å²) in [6, 6.07) is 15.3. The third-order valence-corrected chi connectivity index (χ3v) is 4.90. The third-order valence-electron chi connectivity index (χ3n) is 4.13. The zero-order valence-electron chi connectivity index (χ0n) is 14.5. The van der Waals surface area contributed by atoms with Gasteiger partial charge in [-0.3, -0.25) is 9.20 Å². The lowest BCUT2D eigenvalue weighted by Crippen LogP contribution is -2.14. The zero-order chi connectivity index (χ0) is 18.1. The molecule has 0 fully saturated rings. The lowest BCUT2D eigenvalue weighted by molar-refractivity contribution is 0.102. The molecular weight excluding hydrogens is 344 g/mol. The molecule has 2 aromatic heterocycles. The van der Waals surface area contributed by atoms with Gasteiger partial charge >= 0.3 is 0 Å². The van der Waals surface area contributed by atoms with Crippen LogP contribution in [0.2, 0.25) is 0 Å². The second-order valence-electron chi connectivity index (χ2n) is 6.20. The minimum atomic E-state index is -0.128. The van der Waals surface area contributed by atoms with Gasteiger partial charge in [0.1, 0.15) is 0 Å². The Morgan fingerprint density at radius 2 is 2.00 bits per heavy atom. The number of rotatable bonds is 4. The van der Waals surface area contributed by atoms with Crippen molar-refractivity contribution in [2.24, 2.45) is 0 Å². The molecule has 2 heterocycles. The molecule has 130 valence electrons. The molecule has 1 amide bonds. The second-order valence-corrected chi connectivity index (χ2v) is 7.07. The summed E-state index contributed by atoms with van der Waals surface area (Å²) in [5.41, 5.74) is 4.23. The van der Waals surface area contributed by atoms with Crippen LogP contribution in [0.4, 0.5) is 11.4 Å². The normalized spacial score (nSPS) is 10.8. The number of aromatic nitrogens is 2. The number of hydrogen-bond donors (Lipinski definition) is 1. The predicted octanol–water partition coefficient (Wildman–Crippen LogP) is 4.38. The highest BCUT2D eigenvalue weighted by Crippen LogP contribution is 2.24. The number of anilines is 2. The maximum Gasteiger partial charge on any atom is 0.255 e. The Morgan fingerprint density at radius 3 is 2.81 bits per heavy atom. The van der Waals surface area contributed by atoms with E-state index < -0.39 is 0 Å². The van der Waals surface area contributed by atoms with Crippen LogP contribution in [-0.2, 0) is 0 Å². The number of amides is 1. The van der Waals surface area contributed by atoms with Crippen LogP contribution in [0, 0.1) is 0 Å². The van der Waals surface area contributed by atoms with Gasteiger partial charge < -0.3 is 10.2 Å². The summed E-state index contributed by atoms with van der Waals surface area (Å²) in [5, 5.41) is 4.98. The fourth-order valence-electron chi connectivity index (χ4n) is 2.75. The topological polar surface area (TPSA) is 49.6 Å². The molecule has 0 radical (unpaired) electrons. The van der Waals surface area contributed by atoms with Crippen molar-refractivity contribution < 1.29 is 4.79 Å². The average molecular weight is 362 g/mol. The maximum atomic E-state index is 12.6. The number of carbonyl (C=O) groups excluding carboxylic acids is 1. The number of thiazole rings is 1. The lowest BCUT2D eigenvalue weighted by Gasteiger charge is -2.13. The summed E-state index contributed by atoms with van der Waals surface area (Å²) in [6.45, 7) is 0. The molecule has 0 unspecified atom stereocenters. The number of imidazole rings is 1. The first-order valence-electron chi connectivity index (χ1n) is 8.21. The van der Waals surface area contributed by atoms with Crippen molar-refractivity contribution in [1.29, 1.82) is 0 Å². The number of carbonyl (C=O) groups is 1. The van der Waals surface area contributed by atoms with Gasteiger partial charge in [0, 0.05) is 54.4 Å². The first kappa shape index (κ1) is 16.4. The van der Waals surface area contributed by atoms with Crippen LogP contribution < -0.4 is 10.2 Å². The van der Waals surface area contributed by atoms with Gasteiger partial charge in [-0.05, 0) is 30.3 Å². The Hall–Kier alpha value is -3.12. The van der Waals surface area contributed by atoms with E-state index >= 15 is 0 Å². The summed E-state index contributed by atoms with van der Waals surface area (Å²) in [6.07, 6.45) is 3.98. The highest BCUT2D eigenvalue weighted by molar-refractivity contribution is 7.15. The van der Waals surface area contributed by atoms with Crippen LogP contribution in [0.3, 0.4) is 0 Å². The van der Waals surface area contributed by atoms with E-state index in [2.05, 4.69) is 10.3 Å². The number of fused-ring (bicyclic) bond motifs is 1. The Kier molecular flexibility index (Phi) is 4.18. The van der Waals surface area contributed by atoms with Crippen molar-refractivity contribution in [3.8, 4) is 11.3 Å². The van der Waals surface area contributed by atoms with Gasteiger partial charge in [0.25, 0.3) is 5.91 Å². The molecule has 0 aliphatic carbocycles. The van der Waals surface area contributed by atoms with E-state index in [9.17, 15) is 4.79 Å². The van der Waals surface area contributed by atoms with E-state index in [0.29, 0.717) is 5.56 Å². The van der Waals surface area contributed by atoms with Crippen molar-refractivity contribution in [3.05, 3.63) is 71.9 Å². The van der Waals surface area contributed by atoms with Gasteiger partial charge in [-0.2, -0.15) is 0 Å². The number of hydrogen-bond acceptors (Lipinski definition) is 4. The summed E-state index contributed by atoms with van der Waals surface area (Å²) in [7, 11) is 3.91. The van der Waals surface area contributed by atoms with Crippen LogP contribution in [0.1, 0.15) is 10.4 Å². The second kappa shape index (κ2) is 6.65. The van der Waals surface area contributed by atoms with Gasteiger partial charge in [-0.1, -0.05) is 18.2 Å². The fraction of sp³-hybridized carbons (Fsp3) is 0.100. The lowest BCUT2D eigenvalue weighted by atomic mass is 10.1. The molecular formula is C20H18N4OS. The fourth-order valence-corrected chi connectivity index (χ4v) is 3.45. The largest absolute Gasteiger partial charge is 0.378 e. The molecule has 0 atom stereocenters. The molecule has 0 aliphatic heterocycles. The summed E-state index contributed by atoms with van der Waals surface area (Å²) >= 11 is 1.60. The van der Waals surface area contributed by atoms with Gasteiger partial charge in [-0.15, -0.1) is 11.3 Å². The summed E-state index contributed by atoms with van der Waals surface area (Å²) < 4.78 is 2.00. The van der Waals surface area contributed by atoms with Gasteiger partial charge in [0.05, 0.1) is 5.69 Å². The summed E-state index contributed by atoms with van der Waals surface area (Å²) in [5.74, 6) is -0.128. The first-order valence-corrected chi connectivity index (χ1v) is 9.09. The molecule has 0 aliphatic rings. The highest BCUT2D eigenvalue weighted by Gasteiger charge is 2.10. The van der Waals surface area contributed by atoms with E-state index in [1.165, 1.54) is 0 Å². The van der Waals surface area contributed by atoms with Crippen LogP contribution >= 0.6 is 11.3 Å². The van der Waals surface area contributed by atoms with Gasteiger partial charge in [0.2, 0.25) is 0 Å². The van der Waals surface area contributed by atoms with E-state index in [1.54, 1.807) is 11.3 Å². The minimum Gasteiger partial charge on any atom is -0.378 e. The Bertz CT molecular complexity index is 1050. The van der Waals surface area contributed by atoms with Gasteiger partial charge in [0.15, 0.2) is 4.96 Å². The molecule has 0 saturated carbocycles. The van der Waals surface area contributed by atoms with Gasteiger partial charge in [-0.25, -0.2) is 4.98 Å². The molecule has 1 N–H and O–H groups in total. The standard InChI is InChI=1S/C20H18N4OS/c1-23(2)17-8-4-6-15(12-17)19(25)21-16-7-3-5-14(11-16)18-13-24-9-10-26-20(24)22-18/h3-13H,1-2H3,(H,21,25). The van der Waals surface area contributed by atoms with Crippen molar-refractivity contribution in [1.82, 2.24) is 9.38 Å². The number of benzene rings is 2. The SMILES string of the molecule is CN(C)c1cccc(C(=O)Nc2cccc(-c3cn4ccsc4n3)c2)c1. The van der Waals surface area contributed by atoms with E-state index in [1.807, 2.05) is 89.7 Å². The molecule has 0 bridgehead atoms. The van der Waals surface area contributed by atoms with E-state index in [4.69, 9.17) is 0 Å². The first-order chi connectivity index (χ1) is 12.6. The average Bonchev–Trinajstić information content (AvgIpc) is 3.24. The predicted molar refractivity (Wildman–Crippen MR) is 107 cm³/mol. The number of nitrogens with zero attached hydrogens (tertiary/aromatic N) is 3. The molecule has 0 spiro atoms. The molecule has 4 rings (SSSR count). The molecule has 6 heteroatoms. The molecule has 5 nitrogen and oxygen atoms in total. The van der Waals surface area contributed by atoms with Crippen LogP contribution in [0.25, 0.3) is 16.2 Å². The maximum absolute atomic E-state index is 12.6. The zero-order valence-corrected chi connectivity index (χ0v) is 15.3. The van der Waals surface area contributed by atoms with Crippen LogP contribution in [-0.4, -0.2) is 29.4 Å². The minimum absolute atomic E-state index is 0.128. The van der Waals surface area contributed by atoms with Crippen LogP contribution in [0.15, 0.2) is 66.3 Å². The molecule has 26 heavy (non-hydrogen) atoms. The van der Waals surface area contributed by atoms with Crippen molar-refractivity contribution in [3.63, 3.8) is 0 Å². The Labute approximate surface area is 155 Å². The van der Waals surface area contributed by atoms with Crippen LogP contribution in [0.5, 0.6) is 0 Å². The van der Waals surface area contributed by atoms with Crippen molar-refractivity contribution in [2.45, 2.75) is 0 Å². The summed E-state index contributed by atoms with van der Waals surface area (Å²) in [4.78, 5) is 20.1. The Balaban J connectivity index is 1.58. The quantitative estimate of drug-likeness (QED) is 0.586. The van der Waals surface area contributed by atoms with E-state index in [-0.39, 0.29) is 5.91 Å². The highest BCUT2D eigenvalue weighted by atomic mass is 32.1. The monoisotopic (exact) mass is 362 g/mol. The van der Waals surface area contributed by atoms with Crippen molar-refractivity contribution in [2.75, 3.05) is 24.3 Å². The molecule has 2 aromatic carbocycles. The molecule has 0 saturated heterocycles. The third kappa shape index (κ3) is 3.19. The molecule has 4 aromatic rings. The van der Waals surface area contributed by atoms with E-state index in [0.717, 1.165) is 27.6 Å². The smallest absolute Gasteiger partial charge is 0.255 e. The van der Waals surface area contributed by atoms with Crippen molar-refractivity contribution >= 4 is 33.6 Å².